The molecule has 2 aromatic rings. The maximum absolute atomic E-state index is 12.9. The van der Waals surface area contributed by atoms with Crippen LogP contribution in [0.4, 0.5) is 18.9 Å². The third kappa shape index (κ3) is 6.34. The lowest BCUT2D eigenvalue weighted by atomic mass is 9.92. The van der Waals surface area contributed by atoms with Crippen LogP contribution in [-0.4, -0.2) is 40.7 Å². The first kappa shape index (κ1) is 23.4. The second-order valence-corrected chi connectivity index (χ2v) is 9.56. The molecule has 0 spiro atoms. The van der Waals surface area contributed by atoms with Crippen LogP contribution < -0.4 is 19.7 Å². The zero-order valence-electron chi connectivity index (χ0n) is 17.3. The van der Waals surface area contributed by atoms with Gasteiger partial charge in [-0.3, -0.25) is 4.31 Å². The Morgan fingerprint density at radius 1 is 1.19 bits per heavy atom. The first-order valence-corrected chi connectivity index (χ1v) is 11.7. The van der Waals surface area contributed by atoms with Crippen LogP contribution in [0.1, 0.15) is 30.0 Å². The number of hydrogen-bond donors (Lipinski definition) is 2. The lowest BCUT2D eigenvalue weighted by molar-refractivity contribution is -0.274. The zero-order chi connectivity index (χ0) is 22.6. The van der Waals surface area contributed by atoms with Crippen molar-refractivity contribution in [1.29, 1.82) is 0 Å². The molecule has 1 aliphatic heterocycles. The van der Waals surface area contributed by atoms with E-state index in [1.54, 1.807) is 0 Å². The lowest BCUT2D eigenvalue weighted by Gasteiger charge is -2.34. The fourth-order valence-electron chi connectivity index (χ4n) is 3.68. The van der Waals surface area contributed by atoms with Crippen molar-refractivity contribution in [2.24, 2.45) is 0 Å². The largest absolute Gasteiger partial charge is 0.573 e. The van der Waals surface area contributed by atoms with Gasteiger partial charge in [0.1, 0.15) is 5.75 Å². The number of rotatable bonds is 7. The molecule has 170 valence electrons. The van der Waals surface area contributed by atoms with E-state index in [4.69, 9.17) is 0 Å². The molecule has 1 fully saturated rings. The van der Waals surface area contributed by atoms with Crippen molar-refractivity contribution >= 4 is 15.7 Å². The molecule has 1 heterocycles. The Balaban J connectivity index is 1.85. The van der Waals surface area contributed by atoms with Crippen molar-refractivity contribution in [2.45, 2.75) is 37.8 Å². The molecule has 6 nitrogen and oxygen atoms in total. The molecule has 0 radical (unpaired) electrons. The Kier molecular flexibility index (Phi) is 7.13. The Morgan fingerprint density at radius 3 is 2.55 bits per heavy atom. The van der Waals surface area contributed by atoms with E-state index in [1.165, 1.54) is 19.2 Å². The summed E-state index contributed by atoms with van der Waals surface area (Å²) in [7, 11) is -2.21. The average molecular weight is 458 g/mol. The Hall–Kier alpha value is -2.30. The van der Waals surface area contributed by atoms with E-state index in [1.807, 2.05) is 30.3 Å². The maximum atomic E-state index is 12.9. The molecule has 1 saturated heterocycles. The minimum absolute atomic E-state index is 0.00817. The van der Waals surface area contributed by atoms with Crippen LogP contribution >= 0.6 is 0 Å². The van der Waals surface area contributed by atoms with Gasteiger partial charge in [-0.1, -0.05) is 30.3 Å². The molecule has 0 unspecified atom stereocenters. The van der Waals surface area contributed by atoms with Gasteiger partial charge in [-0.05, 0) is 43.1 Å². The maximum Gasteiger partial charge on any atom is 0.573 e. The minimum Gasteiger partial charge on any atom is -0.405 e. The molecular formula is C21H26F3N3O3S. The molecule has 2 N–H and O–H groups in total. The van der Waals surface area contributed by atoms with Gasteiger partial charge >= 0.3 is 6.36 Å². The van der Waals surface area contributed by atoms with E-state index in [2.05, 4.69) is 15.4 Å². The Labute approximate surface area is 180 Å². The van der Waals surface area contributed by atoms with Gasteiger partial charge in [-0.25, -0.2) is 8.42 Å². The Bertz CT molecular complexity index is 984. The van der Waals surface area contributed by atoms with Crippen LogP contribution in [0.3, 0.4) is 0 Å². The van der Waals surface area contributed by atoms with Crippen LogP contribution in [0.2, 0.25) is 0 Å². The first-order valence-electron chi connectivity index (χ1n) is 9.89. The quantitative estimate of drug-likeness (QED) is 0.665. The summed E-state index contributed by atoms with van der Waals surface area (Å²) < 4.78 is 67.6. The van der Waals surface area contributed by atoms with Gasteiger partial charge in [0, 0.05) is 31.2 Å². The molecule has 31 heavy (non-hydrogen) atoms. The predicted octanol–water partition coefficient (Wildman–Crippen LogP) is 3.56. The molecule has 0 saturated carbocycles. The van der Waals surface area contributed by atoms with Gasteiger partial charge in [-0.2, -0.15) is 0 Å². The van der Waals surface area contributed by atoms with E-state index in [-0.39, 0.29) is 35.6 Å². The summed E-state index contributed by atoms with van der Waals surface area (Å²) in [6.45, 7) is 0.946. The molecule has 2 aromatic carbocycles. The number of anilines is 1. The standard InChI is InChI=1S/C21H26F3N3O3S/c1-27(31(2,28)29)17-10-11-19(30-21(22,23)24)16(13-17)14-26-18-9-6-12-25-20(18)15-7-4-3-5-8-15/h3-5,7-8,10-11,13,18,20,25-26H,6,9,12,14H2,1-2H3/t18-,20-/m0/s1. The van der Waals surface area contributed by atoms with Crippen LogP contribution in [0.25, 0.3) is 0 Å². The van der Waals surface area contributed by atoms with Crippen LogP contribution in [0.5, 0.6) is 5.75 Å². The summed E-state index contributed by atoms with van der Waals surface area (Å²) in [5.74, 6) is -0.356. The average Bonchev–Trinajstić information content (AvgIpc) is 2.71. The molecule has 3 rings (SSSR count). The summed E-state index contributed by atoms with van der Waals surface area (Å²) in [6.07, 6.45) is -2.03. The number of hydrogen-bond acceptors (Lipinski definition) is 5. The summed E-state index contributed by atoms with van der Waals surface area (Å²) in [5.41, 5.74) is 1.58. The normalized spacial score (nSPS) is 19.8. The first-order chi connectivity index (χ1) is 14.5. The molecular weight excluding hydrogens is 431 g/mol. The van der Waals surface area contributed by atoms with Gasteiger partial charge in [0.2, 0.25) is 10.0 Å². The molecule has 0 aliphatic carbocycles. The highest BCUT2D eigenvalue weighted by Crippen LogP contribution is 2.31. The number of sulfonamides is 1. The van der Waals surface area contributed by atoms with Crippen molar-refractivity contribution in [1.82, 2.24) is 10.6 Å². The second-order valence-electron chi connectivity index (χ2n) is 7.54. The zero-order valence-corrected chi connectivity index (χ0v) is 18.1. The van der Waals surface area contributed by atoms with E-state index in [0.717, 1.165) is 41.6 Å². The smallest absolute Gasteiger partial charge is 0.405 e. The highest BCUT2D eigenvalue weighted by molar-refractivity contribution is 7.92. The van der Waals surface area contributed by atoms with Crippen LogP contribution in [0, 0.1) is 0 Å². The highest BCUT2D eigenvalue weighted by atomic mass is 32.2. The van der Waals surface area contributed by atoms with Crippen LogP contribution in [0.15, 0.2) is 48.5 Å². The Morgan fingerprint density at radius 2 is 1.90 bits per heavy atom. The molecule has 0 amide bonds. The summed E-state index contributed by atoms with van der Waals surface area (Å²) in [6, 6.07) is 13.7. The van der Waals surface area contributed by atoms with E-state index in [0.29, 0.717) is 0 Å². The molecule has 10 heteroatoms. The van der Waals surface area contributed by atoms with Gasteiger partial charge in [-0.15, -0.1) is 13.2 Å². The molecule has 0 aromatic heterocycles. The fourth-order valence-corrected chi connectivity index (χ4v) is 4.17. The highest BCUT2D eigenvalue weighted by Gasteiger charge is 2.33. The summed E-state index contributed by atoms with van der Waals surface area (Å²) >= 11 is 0. The number of nitrogens with one attached hydrogen (secondary N) is 2. The summed E-state index contributed by atoms with van der Waals surface area (Å²) in [4.78, 5) is 0. The topological polar surface area (TPSA) is 70.7 Å². The number of nitrogens with zero attached hydrogens (tertiary/aromatic N) is 1. The van der Waals surface area contributed by atoms with Gasteiger partial charge in [0.25, 0.3) is 0 Å². The SMILES string of the molecule is CN(c1ccc(OC(F)(F)F)c(CN[C@H]2CCCN[C@H]2c2ccccc2)c1)S(C)(=O)=O. The van der Waals surface area contributed by atoms with Gasteiger partial charge in [0.05, 0.1) is 11.9 Å². The monoisotopic (exact) mass is 457 g/mol. The van der Waals surface area contributed by atoms with Crippen molar-refractivity contribution in [2.75, 3.05) is 24.2 Å². The van der Waals surface area contributed by atoms with Crippen molar-refractivity contribution < 1.29 is 26.3 Å². The molecule has 2 atom stereocenters. The molecule has 1 aliphatic rings. The molecule has 0 bridgehead atoms. The van der Waals surface area contributed by atoms with Gasteiger partial charge < -0.3 is 15.4 Å². The minimum atomic E-state index is -4.85. The predicted molar refractivity (Wildman–Crippen MR) is 113 cm³/mol. The third-order valence-electron chi connectivity index (χ3n) is 5.30. The second kappa shape index (κ2) is 9.46. The fraction of sp³-hybridized carbons (Fsp3) is 0.429. The number of alkyl halides is 3. The lowest BCUT2D eigenvalue weighted by Crippen LogP contribution is -2.45. The number of piperidine rings is 1. The van der Waals surface area contributed by atoms with Crippen molar-refractivity contribution in [3.63, 3.8) is 0 Å². The van der Waals surface area contributed by atoms with Crippen molar-refractivity contribution in [3.05, 3.63) is 59.7 Å². The number of benzene rings is 2. The van der Waals surface area contributed by atoms with Gasteiger partial charge in [0.15, 0.2) is 0 Å². The van der Waals surface area contributed by atoms with E-state index < -0.39 is 16.4 Å². The van der Waals surface area contributed by atoms with E-state index >= 15 is 0 Å². The summed E-state index contributed by atoms with van der Waals surface area (Å²) in [5, 5.41) is 6.80. The van der Waals surface area contributed by atoms with Crippen molar-refractivity contribution in [3.8, 4) is 5.75 Å². The number of ether oxygens (including phenoxy) is 1. The van der Waals surface area contributed by atoms with E-state index in [9.17, 15) is 21.6 Å². The number of halogens is 3. The third-order valence-corrected chi connectivity index (χ3v) is 6.51. The van der Waals surface area contributed by atoms with Crippen LogP contribution in [-0.2, 0) is 16.6 Å².